The largest absolute Gasteiger partial charge is 0.492 e. The van der Waals surface area contributed by atoms with Gasteiger partial charge in [0.15, 0.2) is 11.5 Å². The van der Waals surface area contributed by atoms with Crippen molar-refractivity contribution in [1.29, 1.82) is 0 Å². The Kier molecular flexibility index (Phi) is 32.7. The molecule has 2 N–H and O–H groups in total. The number of aliphatic hydroxyl groups is 1. The zero-order valence-corrected chi connectivity index (χ0v) is 47.6. The number of aliphatic hydroxyl groups excluding tert-OH is 1. The molecule has 4 aromatic carbocycles. The summed E-state index contributed by atoms with van der Waals surface area (Å²) in [7, 11) is 0. The Hall–Kier alpha value is -4.49. The highest BCUT2D eigenvalue weighted by Gasteiger charge is 2.20. The van der Waals surface area contributed by atoms with E-state index in [9.17, 15) is 9.90 Å². The maximum absolute atomic E-state index is 14.0. The van der Waals surface area contributed by atoms with Crippen molar-refractivity contribution >= 4 is 5.91 Å². The van der Waals surface area contributed by atoms with E-state index in [0.717, 1.165) is 84.3 Å². The van der Waals surface area contributed by atoms with E-state index < -0.39 is 6.10 Å². The first-order chi connectivity index (χ1) is 36.1. The topological polar surface area (TPSA) is 86.3 Å². The standard InChI is InChI=1S/C67H103NO6/c1-54(2)35-26-19-13-7-10-16-22-31-47-72-63-52-61(67(70)68-46-50-71-62-41-34-40-60(51-62)57-42-44-59(45-43-57)65(69)58-38-29-25-30-39-58)53-64(73-48-32-23-17-11-8-14-20-27-36-55(3)4)66(63)74-49-33-24-18-12-9-15-21-28-37-56(5)6/h25,29-30,34,38-45,51-56,65,69H,7-24,26-28,31-33,35-37,46-50H2,1-6H3,(H,68,70). The number of hydrogen-bond donors (Lipinski definition) is 2. The third-order valence-electron chi connectivity index (χ3n) is 14.2. The van der Waals surface area contributed by atoms with Crippen LogP contribution in [0.25, 0.3) is 11.1 Å². The van der Waals surface area contributed by atoms with Gasteiger partial charge in [-0.15, -0.1) is 0 Å². The summed E-state index contributed by atoms with van der Waals surface area (Å²) in [5.41, 5.74) is 4.24. The molecule has 4 aromatic rings. The van der Waals surface area contributed by atoms with Crippen LogP contribution in [0.1, 0.15) is 242 Å². The molecule has 4 rings (SSSR count). The van der Waals surface area contributed by atoms with E-state index in [2.05, 4.69) is 52.9 Å². The fourth-order valence-electron chi connectivity index (χ4n) is 9.64. The first kappa shape index (κ1) is 62.1. The van der Waals surface area contributed by atoms with Crippen molar-refractivity contribution in [3.8, 4) is 34.1 Å². The molecule has 0 radical (unpaired) electrons. The molecule has 1 amide bonds. The fourth-order valence-corrected chi connectivity index (χ4v) is 9.64. The van der Waals surface area contributed by atoms with Gasteiger partial charge in [-0.2, -0.15) is 0 Å². The van der Waals surface area contributed by atoms with Crippen molar-refractivity contribution in [3.05, 3.63) is 108 Å². The van der Waals surface area contributed by atoms with Crippen molar-refractivity contribution < 1.29 is 28.8 Å². The van der Waals surface area contributed by atoms with Gasteiger partial charge in [-0.25, -0.2) is 0 Å². The Morgan fingerprint density at radius 2 is 0.838 bits per heavy atom. The number of carbonyl (C=O) groups is 1. The number of nitrogens with one attached hydrogen (secondary N) is 1. The van der Waals surface area contributed by atoms with Crippen molar-refractivity contribution in [3.63, 3.8) is 0 Å². The van der Waals surface area contributed by atoms with Gasteiger partial charge in [0.1, 0.15) is 18.5 Å². The number of amides is 1. The Morgan fingerprint density at radius 1 is 0.419 bits per heavy atom. The summed E-state index contributed by atoms with van der Waals surface area (Å²) in [5, 5.41) is 14.0. The summed E-state index contributed by atoms with van der Waals surface area (Å²) in [4.78, 5) is 14.0. The quantitative estimate of drug-likeness (QED) is 0.0429. The van der Waals surface area contributed by atoms with Crippen LogP contribution in [0.3, 0.4) is 0 Å². The molecule has 7 nitrogen and oxygen atoms in total. The molecule has 0 aromatic heterocycles. The second kappa shape index (κ2) is 39.0. The van der Waals surface area contributed by atoms with Crippen LogP contribution in [0.4, 0.5) is 0 Å². The lowest BCUT2D eigenvalue weighted by molar-refractivity contribution is 0.0945. The molecule has 1 unspecified atom stereocenters. The van der Waals surface area contributed by atoms with Gasteiger partial charge in [0.05, 0.1) is 26.4 Å². The first-order valence-electron chi connectivity index (χ1n) is 30.0. The molecule has 0 bridgehead atoms. The van der Waals surface area contributed by atoms with Crippen LogP contribution in [0, 0.1) is 17.8 Å². The molecule has 74 heavy (non-hydrogen) atoms. The second-order valence-corrected chi connectivity index (χ2v) is 22.4. The smallest absolute Gasteiger partial charge is 0.251 e. The predicted octanol–water partition coefficient (Wildman–Crippen LogP) is 18.9. The first-order valence-corrected chi connectivity index (χ1v) is 30.0. The van der Waals surface area contributed by atoms with E-state index in [0.29, 0.717) is 55.8 Å². The molecule has 1 atom stereocenters. The molecule has 0 fully saturated rings. The van der Waals surface area contributed by atoms with E-state index in [1.54, 1.807) is 0 Å². The summed E-state index contributed by atoms with van der Waals surface area (Å²) >= 11 is 0. The molecule has 0 aliphatic rings. The van der Waals surface area contributed by atoms with Crippen LogP contribution in [0.5, 0.6) is 23.0 Å². The van der Waals surface area contributed by atoms with Crippen LogP contribution >= 0.6 is 0 Å². The van der Waals surface area contributed by atoms with E-state index in [4.69, 9.17) is 18.9 Å². The number of ether oxygens (including phenoxy) is 4. The molecule has 0 heterocycles. The van der Waals surface area contributed by atoms with Gasteiger partial charge >= 0.3 is 0 Å². The van der Waals surface area contributed by atoms with Crippen molar-refractivity contribution in [1.82, 2.24) is 5.32 Å². The normalized spacial score (nSPS) is 11.9. The molecule has 7 heteroatoms. The minimum Gasteiger partial charge on any atom is -0.492 e. The zero-order chi connectivity index (χ0) is 52.9. The minimum atomic E-state index is -0.680. The SMILES string of the molecule is CC(C)CCCCCCCCCCOc1cc(C(=O)NCCOc2cccc(-c3ccc(C(O)c4ccccc4)cc3)c2)cc(OCCCCCCCCCCC(C)C)c1OCCCCCCCCCCC(C)C. The number of benzene rings is 4. The summed E-state index contributed by atoms with van der Waals surface area (Å²) in [6, 6.07) is 29.4. The maximum atomic E-state index is 14.0. The molecular formula is C67H103NO6. The Labute approximate surface area is 451 Å². The van der Waals surface area contributed by atoms with Crippen LogP contribution in [0.15, 0.2) is 91.0 Å². The van der Waals surface area contributed by atoms with Gasteiger partial charge in [0.2, 0.25) is 5.75 Å². The van der Waals surface area contributed by atoms with Crippen molar-refractivity contribution in [2.45, 2.75) is 221 Å². The lowest BCUT2D eigenvalue weighted by atomic mass is 9.98. The van der Waals surface area contributed by atoms with Crippen LogP contribution in [0.2, 0.25) is 0 Å². The molecule has 0 saturated heterocycles. The predicted molar refractivity (Wildman–Crippen MR) is 312 cm³/mol. The van der Waals surface area contributed by atoms with E-state index in [1.165, 1.54) is 135 Å². The average Bonchev–Trinajstić information content (AvgIpc) is 3.40. The van der Waals surface area contributed by atoms with Crippen molar-refractivity contribution in [2.75, 3.05) is 33.0 Å². The lowest BCUT2D eigenvalue weighted by Gasteiger charge is -2.19. The van der Waals surface area contributed by atoms with Gasteiger partial charge in [-0.05, 0) is 83.5 Å². The van der Waals surface area contributed by atoms with Crippen LogP contribution in [-0.2, 0) is 0 Å². The Balaban J connectivity index is 1.37. The summed E-state index contributed by atoms with van der Waals surface area (Å²) in [6.07, 6.45) is 33.0. The van der Waals surface area contributed by atoms with Crippen LogP contribution < -0.4 is 24.3 Å². The van der Waals surface area contributed by atoms with Crippen molar-refractivity contribution in [2.24, 2.45) is 17.8 Å². The van der Waals surface area contributed by atoms with Gasteiger partial charge in [-0.1, -0.05) is 262 Å². The fraction of sp³-hybridized carbons (Fsp3) is 0.627. The monoisotopic (exact) mass is 1020 g/mol. The number of rotatable bonds is 44. The molecule has 0 saturated carbocycles. The minimum absolute atomic E-state index is 0.202. The highest BCUT2D eigenvalue weighted by Crippen LogP contribution is 2.40. The molecule has 0 aliphatic heterocycles. The van der Waals surface area contributed by atoms with E-state index in [1.807, 2.05) is 84.9 Å². The van der Waals surface area contributed by atoms with Gasteiger partial charge in [0, 0.05) is 5.56 Å². The van der Waals surface area contributed by atoms with Gasteiger partial charge in [0.25, 0.3) is 5.91 Å². The highest BCUT2D eigenvalue weighted by atomic mass is 16.5. The summed E-state index contributed by atoms with van der Waals surface area (Å²) < 4.78 is 25.9. The number of carbonyl (C=O) groups excluding carboxylic acids is 1. The zero-order valence-electron chi connectivity index (χ0n) is 47.6. The summed E-state index contributed by atoms with van der Waals surface area (Å²) in [5.74, 6) is 4.72. The van der Waals surface area contributed by atoms with E-state index in [-0.39, 0.29) is 5.91 Å². The van der Waals surface area contributed by atoms with Gasteiger partial charge < -0.3 is 29.4 Å². The lowest BCUT2D eigenvalue weighted by Crippen LogP contribution is -2.28. The molecule has 0 spiro atoms. The second-order valence-electron chi connectivity index (χ2n) is 22.4. The van der Waals surface area contributed by atoms with Gasteiger partial charge in [-0.3, -0.25) is 4.79 Å². The maximum Gasteiger partial charge on any atom is 0.251 e. The molecule has 0 aliphatic carbocycles. The third kappa shape index (κ3) is 27.3. The molecular weight excluding hydrogens is 915 g/mol. The van der Waals surface area contributed by atoms with Crippen LogP contribution in [-0.4, -0.2) is 44.0 Å². The number of unbranched alkanes of at least 4 members (excludes halogenated alkanes) is 21. The number of hydrogen-bond acceptors (Lipinski definition) is 6. The Morgan fingerprint density at radius 3 is 1.30 bits per heavy atom. The van der Waals surface area contributed by atoms with E-state index >= 15 is 0 Å². The third-order valence-corrected chi connectivity index (χ3v) is 14.2. The molecule has 412 valence electrons. The average molecular weight is 1020 g/mol. The Bertz CT molecular complexity index is 1960. The summed E-state index contributed by atoms with van der Waals surface area (Å²) in [6.45, 7) is 16.2. The highest BCUT2D eigenvalue weighted by molar-refractivity contribution is 5.95.